The number of anilines is 2. The van der Waals surface area contributed by atoms with Gasteiger partial charge in [0.2, 0.25) is 5.95 Å². The predicted octanol–water partition coefficient (Wildman–Crippen LogP) is 0.711. The van der Waals surface area contributed by atoms with Crippen LogP contribution in [0.1, 0.15) is 19.3 Å². The molecule has 2 aromatic heterocycles. The van der Waals surface area contributed by atoms with Crippen molar-refractivity contribution in [3.8, 4) is 0 Å². The fourth-order valence-corrected chi connectivity index (χ4v) is 4.96. The highest BCUT2D eigenvalue weighted by Crippen LogP contribution is 2.21. The van der Waals surface area contributed by atoms with Gasteiger partial charge in [-0.15, -0.1) is 0 Å². The minimum absolute atomic E-state index is 0.105. The van der Waals surface area contributed by atoms with Gasteiger partial charge in [0.05, 0.1) is 6.33 Å². The van der Waals surface area contributed by atoms with E-state index in [4.69, 9.17) is 4.98 Å². The lowest BCUT2D eigenvalue weighted by molar-refractivity contribution is 0.382. The number of piperidine rings is 1. The second-order valence-corrected chi connectivity index (χ2v) is 8.92. The molecule has 10 heteroatoms. The highest BCUT2D eigenvalue weighted by atomic mass is 32.2. The van der Waals surface area contributed by atoms with Crippen LogP contribution in [0.5, 0.6) is 0 Å². The van der Waals surface area contributed by atoms with Crippen LogP contribution in [0.25, 0.3) is 0 Å². The minimum atomic E-state index is -3.54. The van der Waals surface area contributed by atoms with Gasteiger partial charge in [-0.25, -0.2) is 18.4 Å². The first kappa shape index (κ1) is 18.2. The third kappa shape index (κ3) is 3.77. The summed E-state index contributed by atoms with van der Waals surface area (Å²) >= 11 is 0. The summed E-state index contributed by atoms with van der Waals surface area (Å²) in [4.78, 5) is 17.5. The number of aromatic nitrogens is 4. The smallest absolute Gasteiger partial charge is 0.262 e. The Bertz CT molecular complexity index is 884. The van der Waals surface area contributed by atoms with E-state index in [2.05, 4.69) is 19.8 Å². The van der Waals surface area contributed by atoms with Gasteiger partial charge in [-0.2, -0.15) is 9.29 Å². The van der Waals surface area contributed by atoms with Crippen molar-refractivity contribution in [1.82, 2.24) is 23.8 Å². The molecule has 4 rings (SSSR count). The number of hydrogen-bond donors (Lipinski definition) is 0. The zero-order chi connectivity index (χ0) is 18.9. The predicted molar refractivity (Wildman–Crippen MR) is 102 cm³/mol. The number of hydrogen-bond acceptors (Lipinski definition) is 7. The van der Waals surface area contributed by atoms with Crippen molar-refractivity contribution >= 4 is 21.8 Å². The summed E-state index contributed by atoms with van der Waals surface area (Å²) in [7, 11) is -1.78. The van der Waals surface area contributed by atoms with Crippen LogP contribution in [-0.2, 0) is 17.1 Å². The lowest BCUT2D eigenvalue weighted by Crippen LogP contribution is -2.49. The molecule has 4 heterocycles. The first-order valence-electron chi connectivity index (χ1n) is 9.35. The SMILES string of the molecule is Cn1cnc(S(=O)(=O)N2CCN(c3ccnc(N4CCCCC4)n3)CC2)c1. The maximum Gasteiger partial charge on any atom is 0.262 e. The van der Waals surface area contributed by atoms with E-state index in [1.807, 2.05) is 6.07 Å². The molecule has 0 aromatic carbocycles. The Morgan fingerprint density at radius 1 is 0.926 bits per heavy atom. The molecular formula is C17H25N7O2S. The van der Waals surface area contributed by atoms with Gasteiger partial charge in [0.25, 0.3) is 10.0 Å². The Morgan fingerprint density at radius 3 is 2.33 bits per heavy atom. The molecule has 2 aromatic rings. The van der Waals surface area contributed by atoms with Crippen LogP contribution in [0.2, 0.25) is 0 Å². The summed E-state index contributed by atoms with van der Waals surface area (Å²) in [6, 6.07) is 1.90. The van der Waals surface area contributed by atoms with E-state index in [1.165, 1.54) is 36.1 Å². The number of sulfonamides is 1. The van der Waals surface area contributed by atoms with E-state index in [0.717, 1.165) is 24.9 Å². The summed E-state index contributed by atoms with van der Waals surface area (Å²) in [5.74, 6) is 1.64. The standard InChI is InChI=1S/C17H25N7O2S/c1-21-13-16(19-14-21)27(25,26)24-11-9-22(10-12-24)15-5-6-18-17(20-15)23-7-3-2-4-8-23/h5-6,13-14H,2-4,7-12H2,1H3. The highest BCUT2D eigenvalue weighted by Gasteiger charge is 2.30. The molecule has 146 valence electrons. The van der Waals surface area contributed by atoms with Crippen LogP contribution in [0.4, 0.5) is 11.8 Å². The number of rotatable bonds is 4. The lowest BCUT2D eigenvalue weighted by atomic mass is 10.1. The van der Waals surface area contributed by atoms with Crippen molar-refractivity contribution in [1.29, 1.82) is 0 Å². The average Bonchev–Trinajstić information content (AvgIpc) is 3.16. The van der Waals surface area contributed by atoms with Gasteiger partial charge in [0.15, 0.2) is 5.03 Å². The van der Waals surface area contributed by atoms with Crippen LogP contribution >= 0.6 is 0 Å². The molecule has 0 spiro atoms. The molecule has 0 bridgehead atoms. The van der Waals surface area contributed by atoms with E-state index in [1.54, 1.807) is 17.8 Å². The van der Waals surface area contributed by atoms with Crippen molar-refractivity contribution in [2.75, 3.05) is 49.1 Å². The molecule has 27 heavy (non-hydrogen) atoms. The molecular weight excluding hydrogens is 366 g/mol. The Balaban J connectivity index is 1.43. The molecule has 0 atom stereocenters. The normalized spacial score (nSPS) is 19.4. The maximum atomic E-state index is 12.7. The number of nitrogens with zero attached hydrogens (tertiary/aromatic N) is 7. The van der Waals surface area contributed by atoms with Crippen molar-refractivity contribution in [3.63, 3.8) is 0 Å². The summed E-state index contributed by atoms with van der Waals surface area (Å²) in [5, 5.41) is 0.105. The summed E-state index contributed by atoms with van der Waals surface area (Å²) in [6.45, 7) is 4.04. The Hall–Kier alpha value is -2.20. The largest absolute Gasteiger partial charge is 0.354 e. The van der Waals surface area contributed by atoms with Gasteiger partial charge in [-0.1, -0.05) is 0 Å². The van der Waals surface area contributed by atoms with Gasteiger partial charge in [-0.3, -0.25) is 0 Å². The minimum Gasteiger partial charge on any atom is -0.354 e. The second-order valence-electron chi connectivity index (χ2n) is 7.03. The summed E-state index contributed by atoms with van der Waals surface area (Å²) in [6.07, 6.45) is 8.46. The highest BCUT2D eigenvalue weighted by molar-refractivity contribution is 7.89. The van der Waals surface area contributed by atoms with Gasteiger partial charge in [0.1, 0.15) is 5.82 Å². The van der Waals surface area contributed by atoms with Gasteiger partial charge in [-0.05, 0) is 25.3 Å². The zero-order valence-corrected chi connectivity index (χ0v) is 16.3. The molecule has 0 radical (unpaired) electrons. The van der Waals surface area contributed by atoms with Crippen LogP contribution in [0.3, 0.4) is 0 Å². The number of imidazole rings is 1. The molecule has 2 aliphatic heterocycles. The third-order valence-electron chi connectivity index (χ3n) is 5.12. The molecule has 0 amide bonds. The molecule has 2 aliphatic rings. The van der Waals surface area contributed by atoms with Gasteiger partial charge >= 0.3 is 0 Å². The molecule has 0 saturated carbocycles. The average molecular weight is 392 g/mol. The first-order valence-corrected chi connectivity index (χ1v) is 10.8. The van der Waals surface area contributed by atoms with Crippen molar-refractivity contribution < 1.29 is 8.42 Å². The first-order chi connectivity index (χ1) is 13.0. The Kier molecular flexibility index (Phi) is 5.00. The topological polar surface area (TPSA) is 87.5 Å². The van der Waals surface area contributed by atoms with Crippen molar-refractivity contribution in [2.24, 2.45) is 7.05 Å². The van der Waals surface area contributed by atoms with Crippen molar-refractivity contribution in [2.45, 2.75) is 24.3 Å². The molecule has 0 N–H and O–H groups in total. The van der Waals surface area contributed by atoms with E-state index < -0.39 is 10.0 Å². The van der Waals surface area contributed by atoms with Gasteiger partial charge in [0, 0.05) is 58.7 Å². The zero-order valence-electron chi connectivity index (χ0n) is 15.5. The fraction of sp³-hybridized carbons (Fsp3) is 0.588. The Morgan fingerprint density at radius 2 is 1.67 bits per heavy atom. The summed E-state index contributed by atoms with van der Waals surface area (Å²) in [5.41, 5.74) is 0. The second kappa shape index (κ2) is 7.43. The van der Waals surface area contributed by atoms with Crippen LogP contribution in [-0.4, -0.2) is 71.5 Å². The number of aryl methyl sites for hydroxylation is 1. The van der Waals surface area contributed by atoms with Gasteiger partial charge < -0.3 is 14.4 Å². The lowest BCUT2D eigenvalue weighted by Gasteiger charge is -2.34. The van der Waals surface area contributed by atoms with Crippen molar-refractivity contribution in [3.05, 3.63) is 24.8 Å². The van der Waals surface area contributed by atoms with E-state index >= 15 is 0 Å². The monoisotopic (exact) mass is 391 g/mol. The molecule has 9 nitrogen and oxygen atoms in total. The fourth-order valence-electron chi connectivity index (χ4n) is 3.57. The molecule has 2 fully saturated rings. The molecule has 2 saturated heterocycles. The molecule has 0 unspecified atom stereocenters. The van der Waals surface area contributed by atoms with E-state index in [0.29, 0.717) is 26.2 Å². The maximum absolute atomic E-state index is 12.7. The number of piperazine rings is 1. The molecule has 0 aliphatic carbocycles. The van der Waals surface area contributed by atoms with Crippen LogP contribution in [0.15, 0.2) is 29.8 Å². The van der Waals surface area contributed by atoms with Crippen LogP contribution in [0, 0.1) is 0 Å². The van der Waals surface area contributed by atoms with E-state index in [-0.39, 0.29) is 5.03 Å². The van der Waals surface area contributed by atoms with E-state index in [9.17, 15) is 8.42 Å². The van der Waals surface area contributed by atoms with Crippen LogP contribution < -0.4 is 9.80 Å². The summed E-state index contributed by atoms with van der Waals surface area (Å²) < 4.78 is 28.6. The Labute approximate surface area is 159 Å². The third-order valence-corrected chi connectivity index (χ3v) is 6.90. The quantitative estimate of drug-likeness (QED) is 0.758.